The zero-order chi connectivity index (χ0) is 38.1. The molecule has 3 heterocycles. The van der Waals surface area contributed by atoms with Gasteiger partial charge in [0.2, 0.25) is 6.29 Å². The van der Waals surface area contributed by atoms with Gasteiger partial charge in [0, 0.05) is 23.8 Å². The molecule has 0 unspecified atom stereocenters. The van der Waals surface area contributed by atoms with Crippen molar-refractivity contribution in [3.8, 4) is 57.1 Å². The predicted molar refractivity (Wildman–Crippen MR) is 176 cm³/mol. The zero-order valence-corrected chi connectivity index (χ0v) is 27.2. The lowest BCUT2D eigenvalue weighted by Crippen LogP contribution is -2.64. The number of hydrogen-bond acceptors (Lipinski definition) is 18. The van der Waals surface area contributed by atoms with Crippen LogP contribution in [0.4, 0.5) is 0 Å². The minimum absolute atomic E-state index is 0.0393. The van der Waals surface area contributed by atoms with Crippen LogP contribution in [0, 0.1) is 0 Å². The molecular weight excluding hydrogens is 708 g/mol. The molecule has 0 spiro atoms. The first-order chi connectivity index (χ1) is 25.2. The Balaban J connectivity index is 1.33. The summed E-state index contributed by atoms with van der Waals surface area (Å²) in [6, 6.07) is 10.5. The standard InChI is InChI=1S/C35H34O18/c36-16-9-20(39)17-11-25(32(50-24(17)10-16)15-3-5-19(38)22(41)8-15)51-35-33(53-34-31(47)28(44)23(42)12-49-34)30(46)29(45)26(52-35)13-48-27(43)6-2-14-1-4-18(37)21(40)7-14/h1-11,23,26,28-31,33-35,37-42,44-47H,12-13H2/t23-,26+,28-,29+,30-,31-,33+,34-,35+/m0/s1. The van der Waals surface area contributed by atoms with Gasteiger partial charge in [-0.25, -0.2) is 4.79 Å². The molecule has 0 saturated carbocycles. The SMILES string of the molecule is O=C(C=Cc1ccc(O)c(O)c1)OC[C@H]1O[C@@H](Oc2cc3c(O)cc(=O)cc-3oc2-c2ccc(O)c(O)c2)[C@H](O[C@@H]2OC[C@H](O)[C@H](O)[C@@H]2O)[C@@H](O)[C@@H]1O. The Labute approximate surface area is 298 Å². The molecule has 2 aromatic rings. The number of ether oxygens (including phenoxy) is 5. The summed E-state index contributed by atoms with van der Waals surface area (Å²) in [5.41, 5.74) is -0.248. The second-order valence-electron chi connectivity index (χ2n) is 12.2. The fraction of sp³-hybridized carbons (Fsp3) is 0.314. The van der Waals surface area contributed by atoms with Crippen LogP contribution in [-0.4, -0.2) is 126 Å². The summed E-state index contributed by atoms with van der Waals surface area (Å²) in [4.78, 5) is 24.7. The van der Waals surface area contributed by atoms with Crippen LogP contribution in [0.15, 0.2) is 69.9 Å². The van der Waals surface area contributed by atoms with E-state index in [1.165, 1.54) is 36.4 Å². The fourth-order valence-electron chi connectivity index (χ4n) is 5.61. The number of carbonyl (C=O) groups is 1. The Morgan fingerprint density at radius 1 is 0.774 bits per heavy atom. The van der Waals surface area contributed by atoms with E-state index < -0.39 is 103 Å². The zero-order valence-electron chi connectivity index (χ0n) is 27.2. The first kappa shape index (κ1) is 37.3. The highest BCUT2D eigenvalue weighted by atomic mass is 16.8. The highest BCUT2D eigenvalue weighted by Gasteiger charge is 2.50. The van der Waals surface area contributed by atoms with Gasteiger partial charge < -0.3 is 79.2 Å². The summed E-state index contributed by atoms with van der Waals surface area (Å²) < 4.78 is 34.3. The van der Waals surface area contributed by atoms with Gasteiger partial charge in [0.1, 0.15) is 54.7 Å². The van der Waals surface area contributed by atoms with Crippen molar-refractivity contribution in [2.75, 3.05) is 13.2 Å². The van der Waals surface area contributed by atoms with Crippen molar-refractivity contribution in [3.05, 3.63) is 76.5 Å². The molecule has 10 N–H and O–H groups in total. The molecule has 18 heteroatoms. The van der Waals surface area contributed by atoms with Crippen LogP contribution in [0.25, 0.3) is 28.7 Å². The fourth-order valence-corrected chi connectivity index (χ4v) is 5.61. The quantitative estimate of drug-likeness (QED) is 0.0606. The van der Waals surface area contributed by atoms with Crippen molar-refractivity contribution in [3.63, 3.8) is 0 Å². The maximum absolute atomic E-state index is 12.6. The third-order valence-corrected chi connectivity index (χ3v) is 8.48. The summed E-state index contributed by atoms with van der Waals surface area (Å²) >= 11 is 0. The number of fused-ring (bicyclic) bond motifs is 1. The summed E-state index contributed by atoms with van der Waals surface area (Å²) in [5, 5.41) is 103. The number of hydrogen-bond donors (Lipinski definition) is 10. The maximum atomic E-state index is 12.6. The second kappa shape index (κ2) is 15.3. The topological polar surface area (TPSA) is 296 Å². The largest absolute Gasteiger partial charge is 0.507 e. The number of rotatable bonds is 9. The Kier molecular flexibility index (Phi) is 10.8. The molecule has 1 aliphatic carbocycles. The number of aliphatic hydroxyl groups is 5. The van der Waals surface area contributed by atoms with Gasteiger partial charge in [-0.15, -0.1) is 0 Å². The van der Waals surface area contributed by atoms with Crippen molar-refractivity contribution < 1.29 is 84.0 Å². The van der Waals surface area contributed by atoms with Gasteiger partial charge in [-0.05, 0) is 48.0 Å². The third-order valence-electron chi connectivity index (χ3n) is 8.48. The first-order valence-electron chi connectivity index (χ1n) is 15.9. The molecule has 0 aromatic heterocycles. The molecule has 6 rings (SSSR count). The number of phenolic OH excluding ortho intramolecular Hbond substituents is 5. The number of aliphatic hydroxyl groups excluding tert-OH is 5. The Morgan fingerprint density at radius 2 is 1.49 bits per heavy atom. The van der Waals surface area contributed by atoms with Crippen molar-refractivity contribution in [2.24, 2.45) is 0 Å². The molecule has 3 aliphatic heterocycles. The second-order valence-corrected chi connectivity index (χ2v) is 12.2. The van der Waals surface area contributed by atoms with Gasteiger partial charge in [0.05, 0.1) is 12.2 Å². The van der Waals surface area contributed by atoms with E-state index in [2.05, 4.69) is 0 Å². The predicted octanol–water partition coefficient (Wildman–Crippen LogP) is -0.154. The first-order valence-corrected chi connectivity index (χ1v) is 15.9. The molecule has 282 valence electrons. The van der Waals surface area contributed by atoms with Crippen molar-refractivity contribution in [2.45, 2.75) is 55.3 Å². The van der Waals surface area contributed by atoms with Gasteiger partial charge in [-0.2, -0.15) is 0 Å². The smallest absolute Gasteiger partial charge is 0.330 e. The number of aromatic hydroxyl groups is 5. The van der Waals surface area contributed by atoms with Crippen LogP contribution < -0.4 is 10.2 Å². The Bertz CT molecular complexity index is 2010. The highest BCUT2D eigenvalue weighted by molar-refractivity contribution is 5.87. The normalized spacial score (nSPS) is 27.5. The summed E-state index contributed by atoms with van der Waals surface area (Å²) in [7, 11) is 0. The van der Waals surface area contributed by atoms with Crippen LogP contribution in [0.1, 0.15) is 5.56 Å². The summed E-state index contributed by atoms with van der Waals surface area (Å²) in [5.74, 6) is -3.92. The Morgan fingerprint density at radius 3 is 2.21 bits per heavy atom. The van der Waals surface area contributed by atoms with E-state index in [9.17, 15) is 60.7 Å². The molecule has 53 heavy (non-hydrogen) atoms. The number of phenols is 5. The van der Waals surface area contributed by atoms with Gasteiger partial charge in [0.25, 0.3) is 0 Å². The summed E-state index contributed by atoms with van der Waals surface area (Å²) in [6.07, 6.45) is -13.4. The number of benzene rings is 3. The molecular formula is C35H34O18. The monoisotopic (exact) mass is 742 g/mol. The molecule has 9 atom stereocenters. The maximum Gasteiger partial charge on any atom is 0.330 e. The molecule has 0 radical (unpaired) electrons. The van der Waals surface area contributed by atoms with E-state index in [0.717, 1.165) is 30.3 Å². The molecule has 4 aliphatic rings. The van der Waals surface area contributed by atoms with E-state index in [1.54, 1.807) is 0 Å². The lowest BCUT2D eigenvalue weighted by atomic mass is 9.98. The highest BCUT2D eigenvalue weighted by Crippen LogP contribution is 2.43. The van der Waals surface area contributed by atoms with E-state index >= 15 is 0 Å². The average molecular weight is 743 g/mol. The average Bonchev–Trinajstić information content (AvgIpc) is 3.12. The number of carbonyl (C=O) groups excluding carboxylic acids is 1. The van der Waals surface area contributed by atoms with Crippen LogP contribution in [0.2, 0.25) is 0 Å². The molecule has 2 aromatic carbocycles. The van der Waals surface area contributed by atoms with Gasteiger partial charge in [-0.1, -0.05) is 6.07 Å². The van der Waals surface area contributed by atoms with Crippen molar-refractivity contribution >= 4 is 12.0 Å². The lowest BCUT2D eigenvalue weighted by molar-refractivity contribution is -0.345. The minimum atomic E-state index is -1.94. The molecule has 18 nitrogen and oxygen atoms in total. The molecule has 0 amide bonds. The minimum Gasteiger partial charge on any atom is -0.507 e. The van der Waals surface area contributed by atoms with E-state index in [4.69, 9.17) is 28.1 Å². The molecule has 0 bridgehead atoms. The van der Waals surface area contributed by atoms with Gasteiger partial charge in [-0.3, -0.25) is 4.79 Å². The van der Waals surface area contributed by atoms with Crippen LogP contribution in [0.5, 0.6) is 34.5 Å². The van der Waals surface area contributed by atoms with Crippen molar-refractivity contribution in [1.82, 2.24) is 0 Å². The number of esters is 1. The molecule has 2 fully saturated rings. The Hall–Kier alpha value is -5.44. The van der Waals surface area contributed by atoms with E-state index in [1.807, 2.05) is 0 Å². The van der Waals surface area contributed by atoms with Gasteiger partial charge in [0.15, 0.2) is 52.3 Å². The van der Waals surface area contributed by atoms with Crippen LogP contribution in [-0.2, 0) is 23.7 Å². The van der Waals surface area contributed by atoms with E-state index in [-0.39, 0.29) is 34.1 Å². The van der Waals surface area contributed by atoms with Crippen LogP contribution in [0.3, 0.4) is 0 Å². The van der Waals surface area contributed by atoms with Crippen LogP contribution >= 0.6 is 0 Å². The molecule has 2 saturated heterocycles. The van der Waals surface area contributed by atoms with Gasteiger partial charge >= 0.3 is 5.97 Å². The van der Waals surface area contributed by atoms with E-state index in [0.29, 0.717) is 5.56 Å². The summed E-state index contributed by atoms with van der Waals surface area (Å²) in [6.45, 7) is -1.17. The van der Waals surface area contributed by atoms with Crippen molar-refractivity contribution in [1.29, 1.82) is 0 Å². The third kappa shape index (κ3) is 7.99. The lowest BCUT2D eigenvalue weighted by Gasteiger charge is -2.44.